The molecule has 1 heterocycles. The van der Waals surface area contributed by atoms with Gasteiger partial charge in [0.15, 0.2) is 0 Å². The molecule has 4 nitrogen and oxygen atoms in total. The molecule has 0 spiro atoms. The Morgan fingerprint density at radius 1 is 1.37 bits per heavy atom. The monoisotopic (exact) mass is 259 g/mol. The minimum Gasteiger partial charge on any atom is -0.491 e. The molecule has 0 saturated carbocycles. The van der Waals surface area contributed by atoms with Gasteiger partial charge < -0.3 is 10.1 Å². The van der Waals surface area contributed by atoms with Gasteiger partial charge in [-0.1, -0.05) is 0 Å². The van der Waals surface area contributed by atoms with Crippen molar-refractivity contribution in [3.8, 4) is 5.75 Å². The van der Waals surface area contributed by atoms with Crippen LogP contribution in [0.2, 0.25) is 0 Å². The predicted octanol–water partition coefficient (Wildman–Crippen LogP) is 3.13. The third kappa shape index (κ3) is 3.74. The second kappa shape index (κ2) is 5.78. The molecule has 102 valence electrons. The largest absolute Gasteiger partial charge is 0.491 e. The molecule has 19 heavy (non-hydrogen) atoms. The third-order valence-electron chi connectivity index (χ3n) is 2.81. The highest BCUT2D eigenvalue weighted by atomic mass is 16.5. The SMILES string of the molecule is Cc1cc(OC(C)C)ccc1NCc1cnn(C)c1. The maximum Gasteiger partial charge on any atom is 0.120 e. The molecule has 2 aromatic rings. The van der Waals surface area contributed by atoms with Crippen LogP contribution in [0.1, 0.15) is 25.0 Å². The summed E-state index contributed by atoms with van der Waals surface area (Å²) in [7, 11) is 1.92. The maximum atomic E-state index is 5.68. The van der Waals surface area contributed by atoms with Gasteiger partial charge in [-0.05, 0) is 44.5 Å². The highest BCUT2D eigenvalue weighted by molar-refractivity contribution is 5.53. The van der Waals surface area contributed by atoms with Crippen molar-refractivity contribution in [3.05, 3.63) is 41.7 Å². The third-order valence-corrected chi connectivity index (χ3v) is 2.81. The van der Waals surface area contributed by atoms with E-state index in [9.17, 15) is 0 Å². The minimum absolute atomic E-state index is 0.202. The maximum absolute atomic E-state index is 5.68. The second-order valence-corrected chi connectivity index (χ2v) is 5.02. The second-order valence-electron chi connectivity index (χ2n) is 5.02. The highest BCUT2D eigenvalue weighted by Crippen LogP contribution is 2.22. The average Bonchev–Trinajstić information content (AvgIpc) is 2.73. The summed E-state index contributed by atoms with van der Waals surface area (Å²) in [5.74, 6) is 0.916. The summed E-state index contributed by atoms with van der Waals surface area (Å²) in [6.07, 6.45) is 4.09. The van der Waals surface area contributed by atoms with Gasteiger partial charge in [0.2, 0.25) is 0 Å². The fourth-order valence-corrected chi connectivity index (χ4v) is 1.94. The number of hydrogen-bond acceptors (Lipinski definition) is 3. The molecule has 0 amide bonds. The van der Waals surface area contributed by atoms with Crippen molar-refractivity contribution in [2.24, 2.45) is 7.05 Å². The summed E-state index contributed by atoms with van der Waals surface area (Å²) >= 11 is 0. The van der Waals surface area contributed by atoms with Crippen LogP contribution in [-0.2, 0) is 13.6 Å². The summed E-state index contributed by atoms with van der Waals surface area (Å²) in [5, 5.41) is 7.57. The van der Waals surface area contributed by atoms with E-state index in [4.69, 9.17) is 4.74 Å². The predicted molar refractivity (Wildman–Crippen MR) is 77.5 cm³/mol. The first-order valence-electron chi connectivity index (χ1n) is 6.53. The van der Waals surface area contributed by atoms with Crippen molar-refractivity contribution in [2.45, 2.75) is 33.4 Å². The first-order valence-corrected chi connectivity index (χ1v) is 6.53. The van der Waals surface area contributed by atoms with Gasteiger partial charge in [0.1, 0.15) is 5.75 Å². The Labute approximate surface area is 114 Å². The van der Waals surface area contributed by atoms with Crippen LogP contribution in [0.25, 0.3) is 0 Å². The molecule has 2 rings (SSSR count). The molecule has 0 atom stereocenters. The molecule has 0 aliphatic heterocycles. The summed E-state index contributed by atoms with van der Waals surface area (Å²) in [6, 6.07) is 6.12. The molecular weight excluding hydrogens is 238 g/mol. The summed E-state index contributed by atoms with van der Waals surface area (Å²) in [4.78, 5) is 0. The lowest BCUT2D eigenvalue weighted by Gasteiger charge is -2.13. The van der Waals surface area contributed by atoms with Crippen molar-refractivity contribution in [1.29, 1.82) is 0 Å². The van der Waals surface area contributed by atoms with E-state index in [1.807, 2.05) is 44.0 Å². The molecule has 1 aromatic carbocycles. The van der Waals surface area contributed by atoms with Crippen molar-refractivity contribution in [2.75, 3.05) is 5.32 Å². The van der Waals surface area contributed by atoms with Crippen LogP contribution >= 0.6 is 0 Å². The Hall–Kier alpha value is -1.97. The summed E-state index contributed by atoms with van der Waals surface area (Å²) in [6.45, 7) is 6.92. The van der Waals surface area contributed by atoms with E-state index >= 15 is 0 Å². The van der Waals surface area contributed by atoms with Gasteiger partial charge in [0, 0.05) is 31.0 Å². The van der Waals surface area contributed by atoms with Gasteiger partial charge in [-0.2, -0.15) is 5.10 Å². The molecule has 0 aliphatic rings. The Balaban J connectivity index is 2.00. The van der Waals surface area contributed by atoms with Crippen LogP contribution in [0.5, 0.6) is 5.75 Å². The molecule has 0 unspecified atom stereocenters. The van der Waals surface area contributed by atoms with Crippen molar-refractivity contribution >= 4 is 5.69 Å². The van der Waals surface area contributed by atoms with Gasteiger partial charge >= 0.3 is 0 Å². The lowest BCUT2D eigenvalue weighted by Crippen LogP contribution is -2.06. The number of aryl methyl sites for hydroxylation is 2. The Kier molecular flexibility index (Phi) is 4.10. The average molecular weight is 259 g/mol. The number of nitrogens with one attached hydrogen (secondary N) is 1. The van der Waals surface area contributed by atoms with E-state index in [0.717, 1.165) is 18.0 Å². The molecule has 0 aliphatic carbocycles. The van der Waals surface area contributed by atoms with E-state index in [1.54, 1.807) is 0 Å². The summed E-state index contributed by atoms with van der Waals surface area (Å²) in [5.41, 5.74) is 3.48. The smallest absolute Gasteiger partial charge is 0.120 e. The topological polar surface area (TPSA) is 39.1 Å². The molecule has 1 aromatic heterocycles. The van der Waals surface area contributed by atoms with E-state index in [0.29, 0.717) is 0 Å². The zero-order valence-electron chi connectivity index (χ0n) is 12.0. The quantitative estimate of drug-likeness (QED) is 0.896. The van der Waals surface area contributed by atoms with Gasteiger partial charge in [0.25, 0.3) is 0 Å². The van der Waals surface area contributed by atoms with E-state index in [-0.39, 0.29) is 6.10 Å². The molecule has 1 N–H and O–H groups in total. The Bertz CT molecular complexity index is 546. The molecular formula is C15H21N3O. The van der Waals surface area contributed by atoms with E-state index < -0.39 is 0 Å². The molecule has 0 radical (unpaired) electrons. The molecule has 0 fully saturated rings. The van der Waals surface area contributed by atoms with E-state index in [1.165, 1.54) is 11.1 Å². The van der Waals surface area contributed by atoms with Gasteiger partial charge in [-0.3, -0.25) is 4.68 Å². The van der Waals surface area contributed by atoms with E-state index in [2.05, 4.69) is 29.5 Å². The lowest BCUT2D eigenvalue weighted by atomic mass is 10.2. The normalized spacial score (nSPS) is 10.8. The van der Waals surface area contributed by atoms with Crippen LogP contribution in [0.4, 0.5) is 5.69 Å². The van der Waals surface area contributed by atoms with Gasteiger partial charge in [0.05, 0.1) is 12.3 Å². The fourth-order valence-electron chi connectivity index (χ4n) is 1.94. The van der Waals surface area contributed by atoms with Crippen LogP contribution in [0.3, 0.4) is 0 Å². The highest BCUT2D eigenvalue weighted by Gasteiger charge is 2.03. The molecule has 0 bridgehead atoms. The number of anilines is 1. The number of benzene rings is 1. The molecule has 0 saturated heterocycles. The van der Waals surface area contributed by atoms with Gasteiger partial charge in [-0.25, -0.2) is 0 Å². The van der Waals surface area contributed by atoms with Crippen molar-refractivity contribution in [3.63, 3.8) is 0 Å². The van der Waals surface area contributed by atoms with Crippen LogP contribution in [-0.4, -0.2) is 15.9 Å². The lowest BCUT2D eigenvalue weighted by molar-refractivity contribution is 0.242. The van der Waals surface area contributed by atoms with Crippen LogP contribution in [0, 0.1) is 6.92 Å². The number of ether oxygens (including phenoxy) is 1. The standard InChI is InChI=1S/C15H21N3O/c1-11(2)19-14-5-6-15(12(3)7-14)16-8-13-9-17-18(4)10-13/h5-7,9-11,16H,8H2,1-4H3. The zero-order chi connectivity index (χ0) is 13.8. The van der Waals surface area contributed by atoms with Gasteiger partial charge in [-0.15, -0.1) is 0 Å². The zero-order valence-corrected chi connectivity index (χ0v) is 12.0. The fraction of sp³-hybridized carbons (Fsp3) is 0.400. The van der Waals surface area contributed by atoms with Crippen LogP contribution in [0.15, 0.2) is 30.6 Å². The summed E-state index contributed by atoms with van der Waals surface area (Å²) < 4.78 is 7.48. The Morgan fingerprint density at radius 2 is 2.16 bits per heavy atom. The van der Waals surface area contributed by atoms with Crippen molar-refractivity contribution in [1.82, 2.24) is 9.78 Å². The molecule has 4 heteroatoms. The first-order chi connectivity index (χ1) is 9.04. The number of nitrogens with zero attached hydrogens (tertiary/aromatic N) is 2. The first kappa shape index (κ1) is 13.5. The van der Waals surface area contributed by atoms with Crippen LogP contribution < -0.4 is 10.1 Å². The number of aromatic nitrogens is 2. The number of rotatable bonds is 5. The Morgan fingerprint density at radius 3 is 2.74 bits per heavy atom. The number of hydrogen-bond donors (Lipinski definition) is 1. The minimum atomic E-state index is 0.202. The van der Waals surface area contributed by atoms with Crippen molar-refractivity contribution < 1.29 is 4.74 Å².